The fourth-order valence-corrected chi connectivity index (χ4v) is 4.85. The molecule has 176 valence electrons. The molecule has 2 aliphatic heterocycles. The summed E-state index contributed by atoms with van der Waals surface area (Å²) in [4.78, 5) is 9.77. The second kappa shape index (κ2) is 14.4. The third-order valence-electron chi connectivity index (χ3n) is 5.42. The van der Waals surface area contributed by atoms with Crippen molar-refractivity contribution in [3.05, 3.63) is 29.8 Å². The van der Waals surface area contributed by atoms with Crippen molar-refractivity contribution in [2.75, 3.05) is 68.8 Å². The normalized spacial score (nSPS) is 20.5. The van der Waals surface area contributed by atoms with Crippen LogP contribution in [-0.4, -0.2) is 80.9 Å². The van der Waals surface area contributed by atoms with Crippen LogP contribution in [0.2, 0.25) is 0 Å². The van der Waals surface area contributed by atoms with Crippen LogP contribution in [0, 0.1) is 5.92 Å². The molecule has 1 aromatic rings. The highest BCUT2D eigenvalue weighted by atomic mass is 127. The second-order valence-electron chi connectivity index (χ2n) is 8.49. The van der Waals surface area contributed by atoms with Crippen LogP contribution >= 0.6 is 35.7 Å². The zero-order valence-corrected chi connectivity index (χ0v) is 22.5. The standard InChI is InChI=1S/C23H39N5OS.HI/c1-4-24-23(26-16-22-18-27(9-12-29-22)17-19(2)3)25-15-20-5-7-21(8-6-20)28-10-13-30-14-11-28;/h5-8,19,22H,4,9-18H2,1-3H3,(H2,24,25,26);1H. The Balaban J connectivity index is 0.00000341. The van der Waals surface area contributed by atoms with Crippen molar-refractivity contribution in [1.29, 1.82) is 0 Å². The highest BCUT2D eigenvalue weighted by molar-refractivity contribution is 14.0. The number of hydrogen-bond acceptors (Lipinski definition) is 5. The molecule has 1 aromatic carbocycles. The van der Waals surface area contributed by atoms with Gasteiger partial charge in [-0.05, 0) is 30.5 Å². The number of aliphatic imine (C=N–C) groups is 1. The minimum absolute atomic E-state index is 0. The molecule has 2 aliphatic rings. The number of halogens is 1. The van der Waals surface area contributed by atoms with E-state index in [0.717, 1.165) is 58.4 Å². The van der Waals surface area contributed by atoms with Gasteiger partial charge in [-0.15, -0.1) is 24.0 Å². The molecule has 31 heavy (non-hydrogen) atoms. The zero-order valence-electron chi connectivity index (χ0n) is 19.3. The number of hydrogen-bond donors (Lipinski definition) is 2. The minimum atomic E-state index is 0. The summed E-state index contributed by atoms with van der Waals surface area (Å²) in [5, 5.41) is 6.83. The maximum absolute atomic E-state index is 5.96. The molecule has 6 nitrogen and oxygen atoms in total. The van der Waals surface area contributed by atoms with E-state index in [1.165, 1.54) is 22.8 Å². The average Bonchev–Trinajstić information content (AvgIpc) is 2.76. The third kappa shape index (κ3) is 9.35. The fraction of sp³-hybridized carbons (Fsp3) is 0.696. The van der Waals surface area contributed by atoms with Crippen LogP contribution in [0.25, 0.3) is 0 Å². The molecule has 0 aliphatic carbocycles. The maximum atomic E-state index is 5.96. The SMILES string of the molecule is CCNC(=NCc1ccc(N2CCSCC2)cc1)NCC1CN(CC(C)C)CCO1.I. The van der Waals surface area contributed by atoms with Crippen LogP contribution in [0.4, 0.5) is 5.69 Å². The predicted molar refractivity (Wildman–Crippen MR) is 145 cm³/mol. The quantitative estimate of drug-likeness (QED) is 0.289. The van der Waals surface area contributed by atoms with E-state index in [1.54, 1.807) is 0 Å². The van der Waals surface area contributed by atoms with E-state index in [-0.39, 0.29) is 30.1 Å². The lowest BCUT2D eigenvalue weighted by Crippen LogP contribution is -2.50. The number of rotatable bonds is 8. The Morgan fingerprint density at radius 2 is 1.90 bits per heavy atom. The molecule has 0 bridgehead atoms. The van der Waals surface area contributed by atoms with Crippen molar-refractivity contribution in [3.63, 3.8) is 0 Å². The van der Waals surface area contributed by atoms with Crippen molar-refractivity contribution in [2.24, 2.45) is 10.9 Å². The number of guanidine groups is 1. The molecular weight excluding hydrogens is 521 g/mol. The van der Waals surface area contributed by atoms with E-state index >= 15 is 0 Å². The molecule has 2 saturated heterocycles. The second-order valence-corrected chi connectivity index (χ2v) is 9.71. The monoisotopic (exact) mass is 561 g/mol. The van der Waals surface area contributed by atoms with Gasteiger partial charge in [0.25, 0.3) is 0 Å². The molecule has 3 rings (SSSR count). The predicted octanol–water partition coefficient (Wildman–Crippen LogP) is 3.27. The number of ether oxygens (including phenoxy) is 1. The van der Waals surface area contributed by atoms with Crippen molar-refractivity contribution in [1.82, 2.24) is 15.5 Å². The lowest BCUT2D eigenvalue weighted by Gasteiger charge is -2.34. The molecule has 1 atom stereocenters. The third-order valence-corrected chi connectivity index (χ3v) is 6.36. The van der Waals surface area contributed by atoms with E-state index in [0.29, 0.717) is 12.5 Å². The summed E-state index contributed by atoms with van der Waals surface area (Å²) in [6, 6.07) is 8.89. The first kappa shape index (κ1) is 26.5. The summed E-state index contributed by atoms with van der Waals surface area (Å²) in [6.07, 6.45) is 0.211. The van der Waals surface area contributed by atoms with E-state index in [1.807, 2.05) is 11.8 Å². The highest BCUT2D eigenvalue weighted by Crippen LogP contribution is 2.20. The largest absolute Gasteiger partial charge is 0.374 e. The van der Waals surface area contributed by atoms with Crippen molar-refractivity contribution >= 4 is 47.4 Å². The first-order valence-corrected chi connectivity index (χ1v) is 12.6. The number of morpholine rings is 1. The Kier molecular flexibility index (Phi) is 12.4. The molecule has 0 spiro atoms. The first-order chi connectivity index (χ1) is 14.6. The van der Waals surface area contributed by atoms with Crippen molar-refractivity contribution in [3.8, 4) is 0 Å². The summed E-state index contributed by atoms with van der Waals surface area (Å²) in [5.74, 6) is 4.00. The van der Waals surface area contributed by atoms with Crippen LogP contribution in [0.1, 0.15) is 26.3 Å². The van der Waals surface area contributed by atoms with E-state index < -0.39 is 0 Å². The Labute approximate surface area is 210 Å². The van der Waals surface area contributed by atoms with Gasteiger partial charge in [-0.3, -0.25) is 4.90 Å². The van der Waals surface area contributed by atoms with Crippen LogP contribution in [0.3, 0.4) is 0 Å². The zero-order chi connectivity index (χ0) is 21.2. The smallest absolute Gasteiger partial charge is 0.191 e. The lowest BCUT2D eigenvalue weighted by molar-refractivity contribution is -0.0284. The van der Waals surface area contributed by atoms with Crippen LogP contribution in [0.5, 0.6) is 0 Å². The average molecular weight is 562 g/mol. The Bertz CT molecular complexity index is 652. The van der Waals surface area contributed by atoms with Gasteiger partial charge in [-0.1, -0.05) is 26.0 Å². The molecule has 2 fully saturated rings. The molecular formula is C23H40IN5OS. The van der Waals surface area contributed by atoms with Gasteiger partial charge in [0.1, 0.15) is 0 Å². The van der Waals surface area contributed by atoms with E-state index in [4.69, 9.17) is 9.73 Å². The topological polar surface area (TPSA) is 52.1 Å². The molecule has 0 saturated carbocycles. The van der Waals surface area contributed by atoms with Crippen molar-refractivity contribution in [2.45, 2.75) is 33.4 Å². The fourth-order valence-electron chi connectivity index (χ4n) is 3.94. The number of thioether (sulfide) groups is 1. The van der Waals surface area contributed by atoms with Gasteiger partial charge in [-0.25, -0.2) is 4.99 Å². The molecule has 0 amide bonds. The lowest BCUT2D eigenvalue weighted by atomic mass is 10.2. The summed E-state index contributed by atoms with van der Waals surface area (Å²) in [5.41, 5.74) is 2.56. The number of nitrogens with one attached hydrogen (secondary N) is 2. The molecule has 2 N–H and O–H groups in total. The first-order valence-electron chi connectivity index (χ1n) is 11.4. The molecule has 2 heterocycles. The van der Waals surface area contributed by atoms with Gasteiger partial charge in [0.05, 0.1) is 19.3 Å². The summed E-state index contributed by atoms with van der Waals surface area (Å²) in [7, 11) is 0. The van der Waals surface area contributed by atoms with Gasteiger partial charge in [0, 0.05) is 63.0 Å². The molecule has 1 unspecified atom stereocenters. The number of anilines is 1. The molecule has 8 heteroatoms. The molecule has 0 radical (unpaired) electrons. The molecule has 0 aromatic heterocycles. The van der Waals surface area contributed by atoms with Gasteiger partial charge in [-0.2, -0.15) is 11.8 Å². The van der Waals surface area contributed by atoms with Crippen LogP contribution in [-0.2, 0) is 11.3 Å². The number of benzene rings is 1. The maximum Gasteiger partial charge on any atom is 0.191 e. The Morgan fingerprint density at radius 1 is 1.16 bits per heavy atom. The van der Waals surface area contributed by atoms with Gasteiger partial charge >= 0.3 is 0 Å². The number of nitrogens with zero attached hydrogens (tertiary/aromatic N) is 3. The Morgan fingerprint density at radius 3 is 2.58 bits per heavy atom. The summed E-state index contributed by atoms with van der Waals surface area (Å²) >= 11 is 2.04. The highest BCUT2D eigenvalue weighted by Gasteiger charge is 2.21. The van der Waals surface area contributed by atoms with Crippen LogP contribution in [0.15, 0.2) is 29.3 Å². The van der Waals surface area contributed by atoms with Gasteiger partial charge in [0.15, 0.2) is 5.96 Å². The van der Waals surface area contributed by atoms with E-state index in [2.05, 4.69) is 65.5 Å². The minimum Gasteiger partial charge on any atom is -0.374 e. The summed E-state index contributed by atoms with van der Waals surface area (Å²) in [6.45, 7) is 15.2. The van der Waals surface area contributed by atoms with E-state index in [9.17, 15) is 0 Å². The van der Waals surface area contributed by atoms with Gasteiger partial charge in [0.2, 0.25) is 0 Å². The Hall–Kier alpha value is -0.710. The summed E-state index contributed by atoms with van der Waals surface area (Å²) < 4.78 is 5.96. The van der Waals surface area contributed by atoms with Crippen LogP contribution < -0.4 is 15.5 Å². The van der Waals surface area contributed by atoms with Gasteiger partial charge < -0.3 is 20.3 Å². The van der Waals surface area contributed by atoms with Crippen molar-refractivity contribution < 1.29 is 4.74 Å².